The van der Waals surface area contributed by atoms with Crippen LogP contribution < -0.4 is 0 Å². The van der Waals surface area contributed by atoms with Gasteiger partial charge in [0.15, 0.2) is 0 Å². The van der Waals surface area contributed by atoms with E-state index >= 15 is 0 Å². The van der Waals surface area contributed by atoms with Crippen LogP contribution in [0.25, 0.3) is 99.3 Å². The van der Waals surface area contributed by atoms with Crippen molar-refractivity contribution in [3.05, 3.63) is 176 Å². The van der Waals surface area contributed by atoms with E-state index in [4.69, 9.17) is 9.97 Å². The van der Waals surface area contributed by atoms with E-state index in [0.717, 1.165) is 71.8 Å². The average molecular weight is 664 g/mol. The molecule has 0 atom stereocenters. The molecule has 4 heterocycles. The van der Waals surface area contributed by atoms with Gasteiger partial charge in [0, 0.05) is 49.8 Å². The molecule has 5 nitrogen and oxygen atoms in total. The minimum atomic E-state index is 0.651. The lowest BCUT2D eigenvalue weighted by Crippen LogP contribution is -2.03. The van der Waals surface area contributed by atoms with Crippen molar-refractivity contribution in [1.82, 2.24) is 24.1 Å². The van der Waals surface area contributed by atoms with Crippen molar-refractivity contribution >= 4 is 65.3 Å². The molecule has 0 aliphatic rings. The SMILES string of the molecule is c1ccc(-c2nc(-n3c4cc(-c5ccc6c7ccncc7n(-c7ccccc7)c6c5)ccc4c4ccc5ccccc5c43)nc3ccccc23)cc1. The molecule has 4 aromatic heterocycles. The van der Waals surface area contributed by atoms with Crippen LogP contribution >= 0.6 is 0 Å². The predicted molar refractivity (Wildman–Crippen MR) is 214 cm³/mol. The number of benzene rings is 7. The highest BCUT2D eigenvalue weighted by Gasteiger charge is 2.20. The Kier molecular flexibility index (Phi) is 6.18. The third-order valence-electron chi connectivity index (χ3n) is 10.4. The Labute approximate surface area is 298 Å². The Bertz CT molecular complexity index is 3180. The normalized spacial score (nSPS) is 11.8. The van der Waals surface area contributed by atoms with Crippen LogP contribution in [0.15, 0.2) is 176 Å². The number of para-hydroxylation sites is 2. The minimum absolute atomic E-state index is 0.651. The summed E-state index contributed by atoms with van der Waals surface area (Å²) in [6.45, 7) is 0. The Morgan fingerprint density at radius 2 is 1.04 bits per heavy atom. The summed E-state index contributed by atoms with van der Waals surface area (Å²) < 4.78 is 4.59. The summed E-state index contributed by atoms with van der Waals surface area (Å²) >= 11 is 0. The molecule has 0 aliphatic heterocycles. The molecule has 0 radical (unpaired) electrons. The second-order valence-corrected chi connectivity index (χ2v) is 13.3. The lowest BCUT2D eigenvalue weighted by molar-refractivity contribution is 1.02. The van der Waals surface area contributed by atoms with E-state index in [-0.39, 0.29) is 0 Å². The van der Waals surface area contributed by atoms with Crippen LogP contribution in [0.5, 0.6) is 0 Å². The van der Waals surface area contributed by atoms with E-state index < -0.39 is 0 Å². The summed E-state index contributed by atoms with van der Waals surface area (Å²) in [6, 6.07) is 58.0. The molecule has 242 valence electrons. The summed E-state index contributed by atoms with van der Waals surface area (Å²) in [4.78, 5) is 15.1. The van der Waals surface area contributed by atoms with Gasteiger partial charge in [-0.15, -0.1) is 0 Å². The van der Waals surface area contributed by atoms with Gasteiger partial charge < -0.3 is 4.57 Å². The topological polar surface area (TPSA) is 48.5 Å². The van der Waals surface area contributed by atoms with Crippen LogP contribution in [0.4, 0.5) is 0 Å². The quantitative estimate of drug-likeness (QED) is 0.188. The summed E-state index contributed by atoms with van der Waals surface area (Å²) in [6.07, 6.45) is 3.84. The summed E-state index contributed by atoms with van der Waals surface area (Å²) in [5.41, 5.74) is 10.6. The van der Waals surface area contributed by atoms with Crippen molar-refractivity contribution < 1.29 is 0 Å². The van der Waals surface area contributed by atoms with E-state index in [2.05, 4.69) is 166 Å². The lowest BCUT2D eigenvalue weighted by Gasteiger charge is -2.13. The van der Waals surface area contributed by atoms with Crippen LogP contribution in [0.1, 0.15) is 0 Å². The van der Waals surface area contributed by atoms with Crippen LogP contribution in [0, 0.1) is 0 Å². The smallest absolute Gasteiger partial charge is 0.235 e. The third-order valence-corrected chi connectivity index (χ3v) is 10.4. The van der Waals surface area contributed by atoms with Crippen molar-refractivity contribution in [2.24, 2.45) is 0 Å². The average Bonchev–Trinajstić information content (AvgIpc) is 3.73. The van der Waals surface area contributed by atoms with Crippen LogP contribution in [0.2, 0.25) is 0 Å². The summed E-state index contributed by atoms with van der Waals surface area (Å²) in [7, 11) is 0. The fourth-order valence-corrected chi connectivity index (χ4v) is 8.05. The van der Waals surface area contributed by atoms with E-state index in [1.807, 2.05) is 24.5 Å². The zero-order valence-corrected chi connectivity index (χ0v) is 28.0. The van der Waals surface area contributed by atoms with Crippen LogP contribution in [-0.2, 0) is 0 Å². The van der Waals surface area contributed by atoms with Crippen molar-refractivity contribution in [2.75, 3.05) is 0 Å². The van der Waals surface area contributed by atoms with E-state index in [9.17, 15) is 0 Å². The maximum absolute atomic E-state index is 5.38. The first-order chi connectivity index (χ1) is 25.8. The number of pyridine rings is 1. The molecule has 11 aromatic rings. The maximum Gasteiger partial charge on any atom is 0.235 e. The van der Waals surface area contributed by atoms with Gasteiger partial charge in [0.2, 0.25) is 5.95 Å². The molecule has 0 saturated heterocycles. The molecule has 11 rings (SSSR count). The van der Waals surface area contributed by atoms with E-state index in [1.54, 1.807) is 0 Å². The standard InChI is InChI=1S/C47H29N5/c1-3-12-31(13-4-1)45-40-17-9-10-18-41(40)49-47(50-45)52-43-28-33(21-23-37(43)39-24-19-30-11-7-8-16-35(30)46(39)52)32-20-22-36-38-25-26-48-29-44(38)51(42(36)27-32)34-14-5-2-6-15-34/h1-29H. The Balaban J connectivity index is 1.21. The van der Waals surface area contributed by atoms with E-state index in [1.165, 1.54) is 21.5 Å². The highest BCUT2D eigenvalue weighted by atomic mass is 15.2. The number of aromatic nitrogens is 5. The third kappa shape index (κ3) is 4.26. The van der Waals surface area contributed by atoms with Gasteiger partial charge >= 0.3 is 0 Å². The van der Waals surface area contributed by atoms with Crippen molar-refractivity contribution in [1.29, 1.82) is 0 Å². The molecule has 0 fully saturated rings. The fourth-order valence-electron chi connectivity index (χ4n) is 8.05. The van der Waals surface area contributed by atoms with Gasteiger partial charge in [0.05, 0.1) is 39.5 Å². The lowest BCUT2D eigenvalue weighted by atomic mass is 10.0. The van der Waals surface area contributed by atoms with Gasteiger partial charge in [-0.2, -0.15) is 0 Å². The predicted octanol–water partition coefficient (Wildman–Crippen LogP) is 11.7. The van der Waals surface area contributed by atoms with Crippen LogP contribution in [0.3, 0.4) is 0 Å². The minimum Gasteiger partial charge on any atom is -0.308 e. The first kappa shape index (κ1) is 28.7. The Hall–Kier alpha value is -7.11. The second-order valence-electron chi connectivity index (χ2n) is 13.3. The van der Waals surface area contributed by atoms with Crippen molar-refractivity contribution in [3.8, 4) is 34.0 Å². The molecule has 0 aliphatic carbocycles. The first-order valence-corrected chi connectivity index (χ1v) is 17.5. The zero-order chi connectivity index (χ0) is 34.2. The molecule has 7 aromatic carbocycles. The van der Waals surface area contributed by atoms with Gasteiger partial charge in [0.25, 0.3) is 0 Å². The Morgan fingerprint density at radius 1 is 0.404 bits per heavy atom. The van der Waals surface area contributed by atoms with Gasteiger partial charge in [-0.1, -0.05) is 127 Å². The molecule has 0 saturated carbocycles. The molecule has 0 spiro atoms. The number of hydrogen-bond acceptors (Lipinski definition) is 3. The largest absolute Gasteiger partial charge is 0.308 e. The molecule has 0 bridgehead atoms. The van der Waals surface area contributed by atoms with E-state index in [0.29, 0.717) is 5.95 Å². The highest BCUT2D eigenvalue weighted by molar-refractivity contribution is 6.19. The number of rotatable bonds is 4. The molecule has 5 heteroatoms. The number of nitrogens with zero attached hydrogens (tertiary/aromatic N) is 5. The van der Waals surface area contributed by atoms with Crippen LogP contribution in [-0.4, -0.2) is 24.1 Å². The molecular formula is C47H29N5. The van der Waals surface area contributed by atoms with Crippen molar-refractivity contribution in [2.45, 2.75) is 0 Å². The fraction of sp³-hybridized carbons (Fsp3) is 0. The Morgan fingerprint density at radius 3 is 1.85 bits per heavy atom. The number of fused-ring (bicyclic) bond motifs is 9. The molecule has 0 unspecified atom stereocenters. The molecular weight excluding hydrogens is 635 g/mol. The van der Waals surface area contributed by atoms with Gasteiger partial charge in [-0.05, 0) is 52.9 Å². The zero-order valence-electron chi connectivity index (χ0n) is 28.0. The molecule has 0 amide bonds. The molecule has 52 heavy (non-hydrogen) atoms. The van der Waals surface area contributed by atoms with Gasteiger partial charge in [-0.25, -0.2) is 9.97 Å². The van der Waals surface area contributed by atoms with Crippen molar-refractivity contribution in [3.63, 3.8) is 0 Å². The highest BCUT2D eigenvalue weighted by Crippen LogP contribution is 2.40. The van der Waals surface area contributed by atoms with Gasteiger partial charge in [-0.3, -0.25) is 9.55 Å². The first-order valence-electron chi connectivity index (χ1n) is 17.5. The summed E-state index contributed by atoms with van der Waals surface area (Å²) in [5.74, 6) is 0.651. The second kappa shape index (κ2) is 11.2. The van der Waals surface area contributed by atoms with Gasteiger partial charge in [0.1, 0.15) is 0 Å². The molecule has 0 N–H and O–H groups in total. The summed E-state index contributed by atoms with van der Waals surface area (Å²) in [5, 5.41) is 8.09. The number of hydrogen-bond donors (Lipinski definition) is 0. The monoisotopic (exact) mass is 663 g/mol. The maximum atomic E-state index is 5.38.